The number of carbonyl (C=O) groups excluding carboxylic acids is 2. The summed E-state index contributed by atoms with van der Waals surface area (Å²) < 4.78 is 0. The molecule has 0 unspecified atom stereocenters. The molecule has 0 N–H and O–H groups in total. The van der Waals surface area contributed by atoms with E-state index in [2.05, 4.69) is 6.92 Å². The van der Waals surface area contributed by atoms with E-state index >= 15 is 0 Å². The lowest BCUT2D eigenvalue weighted by Gasteiger charge is -2.16. The van der Waals surface area contributed by atoms with Crippen molar-refractivity contribution in [3.63, 3.8) is 0 Å². The zero-order valence-corrected chi connectivity index (χ0v) is 19.9. The average Bonchev–Trinajstić information content (AvgIpc) is 3.23. The Hall–Kier alpha value is -2.22. The number of anilines is 1. The Labute approximate surface area is 195 Å². The molecule has 4 rings (SSSR count). The van der Waals surface area contributed by atoms with Crippen molar-refractivity contribution in [3.05, 3.63) is 63.0 Å². The number of halogens is 1. The van der Waals surface area contributed by atoms with E-state index in [-0.39, 0.29) is 11.7 Å². The molecule has 8 heteroatoms. The fourth-order valence-corrected chi connectivity index (χ4v) is 5.87. The number of benzene rings is 2. The Balaban J connectivity index is 1.72. The van der Waals surface area contributed by atoms with E-state index in [1.54, 1.807) is 28.8 Å². The van der Waals surface area contributed by atoms with Gasteiger partial charge in [0, 0.05) is 29.1 Å². The van der Waals surface area contributed by atoms with Crippen molar-refractivity contribution < 1.29 is 9.59 Å². The second-order valence-corrected chi connectivity index (χ2v) is 9.77. The SMILES string of the molecule is CCCCN1C(=O)C(=C2Sc3ccc(Cl)cc3N2C)SC1=Nc1cccc(C(C)=O)c1. The predicted octanol–water partition coefficient (Wildman–Crippen LogP) is 6.32. The fourth-order valence-electron chi connectivity index (χ4n) is 3.36. The highest BCUT2D eigenvalue weighted by Gasteiger charge is 2.38. The molecular formula is C23H22ClN3O2S2. The number of hydrogen-bond acceptors (Lipinski definition) is 6. The van der Waals surface area contributed by atoms with Crippen molar-refractivity contribution in [1.82, 2.24) is 4.90 Å². The molecular weight excluding hydrogens is 450 g/mol. The third-order valence-corrected chi connectivity index (χ3v) is 7.73. The topological polar surface area (TPSA) is 53.0 Å². The predicted molar refractivity (Wildman–Crippen MR) is 130 cm³/mol. The van der Waals surface area contributed by atoms with E-state index in [0.29, 0.717) is 32.9 Å². The van der Waals surface area contributed by atoms with Crippen LogP contribution >= 0.6 is 35.1 Å². The van der Waals surface area contributed by atoms with Crippen LogP contribution in [0.1, 0.15) is 37.0 Å². The van der Waals surface area contributed by atoms with Crippen LogP contribution in [0.4, 0.5) is 11.4 Å². The molecule has 0 aromatic heterocycles. The van der Waals surface area contributed by atoms with Gasteiger partial charge in [-0.2, -0.15) is 0 Å². The minimum atomic E-state index is -0.0341. The smallest absolute Gasteiger partial charge is 0.269 e. The number of carbonyl (C=O) groups is 2. The number of aliphatic imine (C=N–C) groups is 1. The first-order valence-electron chi connectivity index (χ1n) is 10.0. The summed E-state index contributed by atoms with van der Waals surface area (Å²) in [5.74, 6) is -0.0450. The van der Waals surface area contributed by atoms with Crippen LogP contribution in [0.15, 0.2) is 62.3 Å². The first-order valence-corrected chi connectivity index (χ1v) is 12.0. The van der Waals surface area contributed by atoms with Gasteiger partial charge < -0.3 is 4.90 Å². The van der Waals surface area contributed by atoms with Crippen molar-refractivity contribution in [2.24, 2.45) is 4.99 Å². The van der Waals surface area contributed by atoms with Gasteiger partial charge in [0.25, 0.3) is 5.91 Å². The molecule has 0 bridgehead atoms. The average molecular weight is 472 g/mol. The van der Waals surface area contributed by atoms with Crippen LogP contribution in [0, 0.1) is 0 Å². The summed E-state index contributed by atoms with van der Waals surface area (Å²) in [6, 6.07) is 13.0. The van der Waals surface area contributed by atoms with Crippen molar-refractivity contribution in [3.8, 4) is 0 Å². The van der Waals surface area contributed by atoms with Crippen molar-refractivity contribution in [1.29, 1.82) is 0 Å². The summed E-state index contributed by atoms with van der Waals surface area (Å²) in [5, 5.41) is 2.20. The lowest BCUT2D eigenvalue weighted by Crippen LogP contribution is -2.30. The van der Waals surface area contributed by atoms with E-state index in [4.69, 9.17) is 16.6 Å². The Morgan fingerprint density at radius 1 is 1.16 bits per heavy atom. The molecule has 0 saturated carbocycles. The number of thioether (sulfide) groups is 2. The summed E-state index contributed by atoms with van der Waals surface area (Å²) >= 11 is 9.14. The minimum absolute atomic E-state index is 0.0109. The molecule has 1 amide bonds. The Morgan fingerprint density at radius 3 is 2.71 bits per heavy atom. The lowest BCUT2D eigenvalue weighted by atomic mass is 10.1. The largest absolute Gasteiger partial charge is 0.337 e. The van der Waals surface area contributed by atoms with Crippen LogP contribution in [0.5, 0.6) is 0 Å². The Kier molecular flexibility index (Phi) is 6.46. The number of rotatable bonds is 5. The molecule has 0 radical (unpaired) electrons. The number of amides is 1. The van der Waals surface area contributed by atoms with Gasteiger partial charge in [0.1, 0.15) is 4.91 Å². The van der Waals surface area contributed by atoms with Gasteiger partial charge in [-0.15, -0.1) is 0 Å². The second-order valence-electron chi connectivity index (χ2n) is 7.32. The molecule has 2 aliphatic heterocycles. The van der Waals surface area contributed by atoms with Gasteiger partial charge >= 0.3 is 0 Å². The molecule has 2 aliphatic rings. The monoisotopic (exact) mass is 471 g/mol. The van der Waals surface area contributed by atoms with E-state index in [1.165, 1.54) is 18.7 Å². The molecule has 0 atom stereocenters. The van der Waals surface area contributed by atoms with Crippen molar-refractivity contribution in [2.75, 3.05) is 18.5 Å². The summed E-state index contributed by atoms with van der Waals surface area (Å²) in [5.41, 5.74) is 2.26. The van der Waals surface area contributed by atoms with Crippen LogP contribution < -0.4 is 4.90 Å². The summed E-state index contributed by atoms with van der Waals surface area (Å²) in [6.45, 7) is 4.24. The third kappa shape index (κ3) is 4.40. The van der Waals surface area contributed by atoms with Crippen LogP contribution in [0.3, 0.4) is 0 Å². The van der Waals surface area contributed by atoms with Gasteiger partial charge in [-0.25, -0.2) is 4.99 Å². The van der Waals surface area contributed by atoms with Gasteiger partial charge in [0.05, 0.1) is 16.4 Å². The first kappa shape index (κ1) is 22.0. The quantitative estimate of drug-likeness (QED) is 0.377. The first-order chi connectivity index (χ1) is 14.9. The van der Waals surface area contributed by atoms with Gasteiger partial charge in [-0.3, -0.25) is 14.5 Å². The van der Waals surface area contributed by atoms with Crippen LogP contribution in [0.2, 0.25) is 5.02 Å². The molecule has 2 heterocycles. The number of Topliss-reactive ketones (excluding diaryl/α,β-unsaturated/α-hetero) is 1. The van der Waals surface area contributed by atoms with Gasteiger partial charge in [-0.05, 0) is 55.4 Å². The fraction of sp³-hybridized carbons (Fsp3) is 0.261. The molecule has 1 fully saturated rings. The maximum absolute atomic E-state index is 13.4. The maximum Gasteiger partial charge on any atom is 0.269 e. The molecule has 0 aliphatic carbocycles. The number of fused-ring (bicyclic) bond motifs is 1. The van der Waals surface area contributed by atoms with E-state index in [0.717, 1.165) is 28.5 Å². The highest BCUT2D eigenvalue weighted by molar-refractivity contribution is 8.19. The van der Waals surface area contributed by atoms with Crippen LogP contribution in [-0.2, 0) is 4.79 Å². The minimum Gasteiger partial charge on any atom is -0.337 e. The standard InChI is InChI=1S/C23H22ClN3O2S2/c1-4-5-11-27-21(29)20(22-26(3)18-13-16(24)9-10-19(18)30-22)31-23(27)25-17-8-6-7-15(12-17)14(2)28/h6-10,12-13H,4-5,11H2,1-3H3. The normalized spacial score (nSPS) is 19.5. The molecule has 2 aromatic rings. The number of hydrogen-bond donors (Lipinski definition) is 0. The molecule has 31 heavy (non-hydrogen) atoms. The third-order valence-electron chi connectivity index (χ3n) is 5.06. The van der Waals surface area contributed by atoms with Crippen LogP contribution in [-0.4, -0.2) is 35.4 Å². The van der Waals surface area contributed by atoms with E-state index in [1.807, 2.05) is 42.3 Å². The highest BCUT2D eigenvalue weighted by Crippen LogP contribution is 2.50. The molecule has 5 nitrogen and oxygen atoms in total. The van der Waals surface area contributed by atoms with Crippen LogP contribution in [0.25, 0.3) is 0 Å². The second kappa shape index (κ2) is 9.10. The lowest BCUT2D eigenvalue weighted by molar-refractivity contribution is -0.122. The van der Waals surface area contributed by atoms with Crippen molar-refractivity contribution >= 4 is 63.4 Å². The van der Waals surface area contributed by atoms with Gasteiger partial charge in [0.2, 0.25) is 0 Å². The van der Waals surface area contributed by atoms with Crippen molar-refractivity contribution in [2.45, 2.75) is 31.6 Å². The molecule has 0 spiro atoms. The van der Waals surface area contributed by atoms with E-state index in [9.17, 15) is 9.59 Å². The van der Waals surface area contributed by atoms with Gasteiger partial charge in [0.15, 0.2) is 11.0 Å². The summed E-state index contributed by atoms with van der Waals surface area (Å²) in [4.78, 5) is 35.4. The Morgan fingerprint density at radius 2 is 1.97 bits per heavy atom. The summed E-state index contributed by atoms with van der Waals surface area (Å²) in [6.07, 6.45) is 1.87. The number of nitrogens with zero attached hydrogens (tertiary/aromatic N) is 3. The molecule has 1 saturated heterocycles. The maximum atomic E-state index is 13.4. The van der Waals surface area contributed by atoms with Gasteiger partial charge in [-0.1, -0.05) is 48.8 Å². The molecule has 2 aromatic carbocycles. The summed E-state index contributed by atoms with van der Waals surface area (Å²) in [7, 11) is 1.95. The van der Waals surface area contributed by atoms with E-state index < -0.39 is 0 Å². The Bertz CT molecular complexity index is 1130. The molecule has 160 valence electrons. The number of ketones is 1. The number of unbranched alkanes of at least 4 members (excludes halogenated alkanes) is 1. The zero-order chi connectivity index (χ0) is 22.1. The zero-order valence-electron chi connectivity index (χ0n) is 17.5. The number of amidine groups is 1. The highest BCUT2D eigenvalue weighted by atomic mass is 35.5.